The molecule has 6 nitrogen and oxygen atoms in total. The highest BCUT2D eigenvalue weighted by molar-refractivity contribution is 7.18. The molecule has 0 saturated carbocycles. The largest absolute Gasteiger partial charge is 0.399 e. The lowest BCUT2D eigenvalue weighted by molar-refractivity contribution is 0.985. The lowest BCUT2D eigenvalue weighted by Crippen LogP contribution is -2.08. The number of nitrogens with zero attached hydrogens (tertiary/aromatic N) is 4. The molecule has 2 heterocycles. The Hall–Kier alpha value is -3.50. The van der Waals surface area contributed by atoms with Crippen molar-refractivity contribution in [2.45, 2.75) is 12.8 Å². The summed E-state index contributed by atoms with van der Waals surface area (Å²) in [6, 6.07) is 17.9. The Morgan fingerprint density at radius 1 is 1.07 bits per heavy atom. The second-order valence-corrected chi connectivity index (χ2v) is 7.39. The number of para-hydroxylation sites is 1. The highest BCUT2D eigenvalue weighted by atomic mass is 32.1. The average Bonchev–Trinajstić information content (AvgIpc) is 3.13. The van der Waals surface area contributed by atoms with Gasteiger partial charge in [0.25, 0.3) is 0 Å². The van der Waals surface area contributed by atoms with E-state index in [-0.39, 0.29) is 0 Å². The van der Waals surface area contributed by atoms with E-state index in [1.165, 1.54) is 5.56 Å². The fraction of sp³-hybridized carbons (Fsp3) is 0.143. The van der Waals surface area contributed by atoms with Crippen molar-refractivity contribution < 1.29 is 0 Å². The Morgan fingerprint density at radius 2 is 1.93 bits per heavy atom. The SMILES string of the molecule is N#CCc1nc2c(-c3ccnc(NCCc4ccc(N)cc4)n3)cccc2s1. The van der Waals surface area contributed by atoms with Crippen LogP contribution in [0.3, 0.4) is 0 Å². The number of hydrogen-bond acceptors (Lipinski definition) is 7. The standard InChI is InChI=1S/C21H18N6S/c22-11-8-19-27-20-16(2-1-3-18(20)28-19)17-10-13-25-21(26-17)24-12-9-14-4-6-15(23)7-5-14/h1-7,10,13H,8-9,12,23H2,(H,24,25,26). The summed E-state index contributed by atoms with van der Waals surface area (Å²) < 4.78 is 1.05. The van der Waals surface area contributed by atoms with Crippen molar-refractivity contribution in [2.24, 2.45) is 0 Å². The molecule has 0 unspecified atom stereocenters. The van der Waals surface area contributed by atoms with Crippen molar-refractivity contribution in [3.63, 3.8) is 0 Å². The number of thiazole rings is 1. The van der Waals surface area contributed by atoms with Gasteiger partial charge < -0.3 is 11.1 Å². The zero-order valence-corrected chi connectivity index (χ0v) is 15.9. The molecule has 0 aliphatic rings. The molecule has 7 heteroatoms. The van der Waals surface area contributed by atoms with Gasteiger partial charge in [0.05, 0.1) is 28.4 Å². The van der Waals surface area contributed by atoms with E-state index in [1.807, 2.05) is 48.5 Å². The molecule has 3 N–H and O–H groups in total. The van der Waals surface area contributed by atoms with E-state index in [2.05, 4.69) is 26.3 Å². The molecule has 0 atom stereocenters. The van der Waals surface area contributed by atoms with Crippen LogP contribution in [0.4, 0.5) is 11.6 Å². The van der Waals surface area contributed by atoms with Crippen LogP contribution >= 0.6 is 11.3 Å². The van der Waals surface area contributed by atoms with Crippen molar-refractivity contribution in [3.8, 4) is 17.3 Å². The first-order chi connectivity index (χ1) is 13.7. The lowest BCUT2D eigenvalue weighted by Gasteiger charge is -2.07. The summed E-state index contributed by atoms with van der Waals surface area (Å²) in [7, 11) is 0. The summed E-state index contributed by atoms with van der Waals surface area (Å²) >= 11 is 1.55. The predicted octanol–water partition coefficient (Wildman–Crippen LogP) is 4.06. The van der Waals surface area contributed by atoms with Crippen molar-refractivity contribution >= 4 is 33.2 Å². The molecule has 0 radical (unpaired) electrons. The van der Waals surface area contributed by atoms with Crippen LogP contribution in [-0.4, -0.2) is 21.5 Å². The lowest BCUT2D eigenvalue weighted by atomic mass is 10.1. The highest BCUT2D eigenvalue weighted by Crippen LogP contribution is 2.31. The third-order valence-corrected chi connectivity index (χ3v) is 5.32. The topological polar surface area (TPSA) is 101 Å². The smallest absolute Gasteiger partial charge is 0.223 e. The first kappa shape index (κ1) is 17.9. The quantitative estimate of drug-likeness (QED) is 0.485. The molecule has 0 spiro atoms. The van der Waals surface area contributed by atoms with Crippen LogP contribution < -0.4 is 11.1 Å². The summed E-state index contributed by atoms with van der Waals surface area (Å²) in [5.74, 6) is 0.581. The van der Waals surface area contributed by atoms with Crippen molar-refractivity contribution in [1.82, 2.24) is 15.0 Å². The Morgan fingerprint density at radius 3 is 2.75 bits per heavy atom. The zero-order valence-electron chi connectivity index (χ0n) is 15.1. The van der Waals surface area contributed by atoms with Gasteiger partial charge in [-0.1, -0.05) is 24.3 Å². The van der Waals surface area contributed by atoms with Crippen LogP contribution in [0.15, 0.2) is 54.7 Å². The molecule has 0 bridgehead atoms. The van der Waals surface area contributed by atoms with Gasteiger partial charge in [-0.15, -0.1) is 11.3 Å². The first-order valence-corrected chi connectivity index (χ1v) is 9.71. The van der Waals surface area contributed by atoms with E-state index in [1.54, 1.807) is 17.5 Å². The van der Waals surface area contributed by atoms with Crippen LogP contribution in [0, 0.1) is 11.3 Å². The third-order valence-electron chi connectivity index (χ3n) is 4.30. The number of fused-ring (bicyclic) bond motifs is 1. The van der Waals surface area contributed by atoms with E-state index >= 15 is 0 Å². The van der Waals surface area contributed by atoms with E-state index in [0.29, 0.717) is 12.4 Å². The van der Waals surface area contributed by atoms with Gasteiger partial charge >= 0.3 is 0 Å². The molecule has 138 valence electrons. The number of benzene rings is 2. The van der Waals surface area contributed by atoms with Gasteiger partial charge in [-0.05, 0) is 36.2 Å². The molecule has 0 saturated heterocycles. The Kier molecular flexibility index (Phi) is 5.13. The number of nitrogen functional groups attached to an aromatic ring is 1. The van der Waals surface area contributed by atoms with Crippen LogP contribution in [0.5, 0.6) is 0 Å². The molecular formula is C21H18N6S. The van der Waals surface area contributed by atoms with Gasteiger partial charge in [0.2, 0.25) is 5.95 Å². The maximum absolute atomic E-state index is 8.93. The molecule has 4 rings (SSSR count). The third kappa shape index (κ3) is 3.92. The predicted molar refractivity (Wildman–Crippen MR) is 113 cm³/mol. The van der Waals surface area contributed by atoms with Crippen molar-refractivity contribution in [1.29, 1.82) is 5.26 Å². The molecule has 2 aromatic heterocycles. The van der Waals surface area contributed by atoms with E-state index < -0.39 is 0 Å². The molecule has 0 amide bonds. The molecule has 0 aliphatic carbocycles. The Bertz CT molecular complexity index is 1140. The van der Waals surface area contributed by atoms with E-state index in [0.717, 1.165) is 45.1 Å². The normalized spacial score (nSPS) is 10.7. The number of rotatable bonds is 6. The van der Waals surface area contributed by atoms with Crippen molar-refractivity contribution in [3.05, 3.63) is 65.3 Å². The number of nitrogens with two attached hydrogens (primary N) is 1. The Labute approximate surface area is 166 Å². The maximum Gasteiger partial charge on any atom is 0.223 e. The fourth-order valence-corrected chi connectivity index (χ4v) is 3.87. The minimum atomic E-state index is 0.320. The minimum Gasteiger partial charge on any atom is -0.399 e. The average molecular weight is 386 g/mol. The second-order valence-electron chi connectivity index (χ2n) is 6.28. The number of anilines is 2. The summed E-state index contributed by atoms with van der Waals surface area (Å²) in [6.07, 6.45) is 2.92. The maximum atomic E-state index is 8.93. The van der Waals surface area contributed by atoms with Crippen LogP contribution in [0.1, 0.15) is 10.6 Å². The van der Waals surface area contributed by atoms with Gasteiger partial charge in [-0.2, -0.15) is 5.26 Å². The molecule has 4 aromatic rings. The van der Waals surface area contributed by atoms with Gasteiger partial charge in [-0.3, -0.25) is 0 Å². The molecule has 2 aromatic carbocycles. The van der Waals surface area contributed by atoms with Gasteiger partial charge in [-0.25, -0.2) is 15.0 Å². The van der Waals surface area contributed by atoms with Gasteiger partial charge in [0.1, 0.15) is 5.01 Å². The van der Waals surface area contributed by atoms with Crippen LogP contribution in [0.25, 0.3) is 21.5 Å². The second kappa shape index (κ2) is 8.03. The monoisotopic (exact) mass is 386 g/mol. The minimum absolute atomic E-state index is 0.320. The molecular weight excluding hydrogens is 368 g/mol. The summed E-state index contributed by atoms with van der Waals surface area (Å²) in [5, 5.41) is 13.0. The summed E-state index contributed by atoms with van der Waals surface area (Å²) in [5.41, 5.74) is 10.3. The zero-order chi connectivity index (χ0) is 19.3. The number of nitrogens with one attached hydrogen (secondary N) is 1. The first-order valence-electron chi connectivity index (χ1n) is 8.90. The van der Waals surface area contributed by atoms with Crippen molar-refractivity contribution in [2.75, 3.05) is 17.6 Å². The number of aromatic nitrogens is 3. The fourth-order valence-electron chi connectivity index (χ4n) is 2.94. The summed E-state index contributed by atoms with van der Waals surface area (Å²) in [4.78, 5) is 13.6. The van der Waals surface area contributed by atoms with E-state index in [4.69, 9.17) is 11.0 Å². The number of nitriles is 1. The molecule has 28 heavy (non-hydrogen) atoms. The Balaban J connectivity index is 1.53. The van der Waals surface area contributed by atoms with Crippen LogP contribution in [0.2, 0.25) is 0 Å². The van der Waals surface area contributed by atoms with Gasteiger partial charge in [0, 0.05) is 24.0 Å². The highest BCUT2D eigenvalue weighted by Gasteiger charge is 2.11. The summed E-state index contributed by atoms with van der Waals surface area (Å²) in [6.45, 7) is 0.723. The number of hydrogen-bond donors (Lipinski definition) is 2. The van der Waals surface area contributed by atoms with E-state index in [9.17, 15) is 0 Å². The van der Waals surface area contributed by atoms with Gasteiger partial charge in [0.15, 0.2) is 0 Å². The van der Waals surface area contributed by atoms with Crippen LogP contribution in [-0.2, 0) is 12.8 Å². The molecule has 0 fully saturated rings. The molecule has 0 aliphatic heterocycles.